The lowest BCUT2D eigenvalue weighted by Gasteiger charge is -2.37. The number of nitro groups is 1. The summed E-state index contributed by atoms with van der Waals surface area (Å²) in [4.78, 5) is 28.9. The van der Waals surface area contributed by atoms with E-state index in [2.05, 4.69) is 17.1 Å². The molecule has 0 saturated carbocycles. The monoisotopic (exact) mass is 515 g/mol. The van der Waals surface area contributed by atoms with Crippen LogP contribution in [0, 0.1) is 16.0 Å². The van der Waals surface area contributed by atoms with Gasteiger partial charge in [-0.25, -0.2) is 4.79 Å². The minimum absolute atomic E-state index is 0. The van der Waals surface area contributed by atoms with Crippen LogP contribution in [-0.4, -0.2) is 78.0 Å². The Balaban J connectivity index is 0.00000456. The average Bonchev–Trinajstić information content (AvgIpc) is 2.83. The number of unbranched alkanes of at least 4 members (excludes halogenated alkanes) is 1. The molecule has 204 valence electrons. The molecule has 0 radical (unpaired) electrons. The van der Waals surface area contributed by atoms with Crippen molar-refractivity contribution in [1.82, 2.24) is 14.7 Å². The van der Waals surface area contributed by atoms with Crippen molar-refractivity contribution >= 4 is 17.4 Å². The molecule has 2 heterocycles. The van der Waals surface area contributed by atoms with Gasteiger partial charge in [0.1, 0.15) is 5.56 Å². The van der Waals surface area contributed by atoms with Crippen LogP contribution < -0.4 is 5.32 Å². The number of likely N-dealkylation sites (tertiary alicyclic amines) is 2. The standard InChI is InChI=1S/C24H36F3N5O3.CH4/c1-3-4-11-30-12-7-18(8-13-30)17-29(2)23(33)31-14-9-19(10-15-31)28-20-5-6-22(32(34)35)21(16-20)24(25,26)27;/h5-6,16,18-19,28H,3-4,7-15,17H2,1-2H3;1H4. The predicted molar refractivity (Wildman–Crippen MR) is 135 cm³/mol. The van der Waals surface area contributed by atoms with Crippen molar-refractivity contribution in [1.29, 1.82) is 0 Å². The summed E-state index contributed by atoms with van der Waals surface area (Å²) >= 11 is 0. The van der Waals surface area contributed by atoms with Gasteiger partial charge >= 0.3 is 12.2 Å². The van der Waals surface area contributed by atoms with Crippen LogP contribution in [0.3, 0.4) is 0 Å². The Bertz CT molecular complexity index is 867. The number of halogens is 3. The van der Waals surface area contributed by atoms with Crippen molar-refractivity contribution in [3.63, 3.8) is 0 Å². The van der Waals surface area contributed by atoms with Gasteiger partial charge in [-0.15, -0.1) is 0 Å². The maximum atomic E-state index is 13.2. The Morgan fingerprint density at radius 2 is 1.81 bits per heavy atom. The summed E-state index contributed by atoms with van der Waals surface area (Å²) in [6.07, 6.45) is 0.992. The van der Waals surface area contributed by atoms with Gasteiger partial charge in [0.05, 0.1) is 4.92 Å². The summed E-state index contributed by atoms with van der Waals surface area (Å²) in [5.41, 5.74) is -2.04. The van der Waals surface area contributed by atoms with Gasteiger partial charge in [-0.3, -0.25) is 10.1 Å². The van der Waals surface area contributed by atoms with Crippen LogP contribution in [0.4, 0.5) is 29.3 Å². The van der Waals surface area contributed by atoms with Gasteiger partial charge in [0.25, 0.3) is 5.69 Å². The fraction of sp³-hybridized carbons (Fsp3) is 0.720. The number of alkyl halides is 3. The molecule has 0 spiro atoms. The molecule has 8 nitrogen and oxygen atoms in total. The van der Waals surface area contributed by atoms with E-state index in [-0.39, 0.29) is 25.2 Å². The first-order valence-corrected chi connectivity index (χ1v) is 12.4. The fourth-order valence-corrected chi connectivity index (χ4v) is 4.94. The molecule has 2 aliphatic rings. The number of piperidine rings is 2. The summed E-state index contributed by atoms with van der Waals surface area (Å²) in [7, 11) is 1.84. The van der Waals surface area contributed by atoms with E-state index in [0.29, 0.717) is 31.8 Å². The van der Waals surface area contributed by atoms with Gasteiger partial charge in [-0.05, 0) is 69.8 Å². The van der Waals surface area contributed by atoms with Crippen LogP contribution in [0.25, 0.3) is 0 Å². The summed E-state index contributed by atoms with van der Waals surface area (Å²) in [5.74, 6) is 0.506. The minimum atomic E-state index is -4.81. The third-order valence-corrected chi connectivity index (χ3v) is 7.03. The highest BCUT2D eigenvalue weighted by Gasteiger charge is 2.38. The number of hydrogen-bond acceptors (Lipinski definition) is 5. The Labute approximate surface area is 211 Å². The quantitative estimate of drug-likeness (QED) is 0.355. The fourth-order valence-electron chi connectivity index (χ4n) is 4.94. The summed E-state index contributed by atoms with van der Waals surface area (Å²) in [6, 6.07) is 2.85. The zero-order chi connectivity index (χ0) is 25.6. The number of hydrogen-bond donors (Lipinski definition) is 1. The molecular formula is C25H40F3N5O3. The van der Waals surface area contributed by atoms with Crippen molar-refractivity contribution in [2.24, 2.45) is 5.92 Å². The molecule has 1 aromatic carbocycles. The second-order valence-corrected chi connectivity index (χ2v) is 9.69. The molecule has 0 aromatic heterocycles. The topological polar surface area (TPSA) is 82.0 Å². The number of carbonyl (C=O) groups is 1. The van der Waals surface area contributed by atoms with Crippen molar-refractivity contribution < 1.29 is 22.9 Å². The third kappa shape index (κ3) is 7.97. The number of anilines is 1. The van der Waals surface area contributed by atoms with E-state index in [1.54, 1.807) is 9.80 Å². The number of nitro benzene ring substituents is 1. The van der Waals surface area contributed by atoms with Gasteiger partial charge in [0.15, 0.2) is 0 Å². The second kappa shape index (κ2) is 13.1. The van der Waals surface area contributed by atoms with Gasteiger partial charge in [0, 0.05) is 44.5 Å². The molecule has 2 amide bonds. The number of nitrogens with one attached hydrogen (secondary N) is 1. The second-order valence-electron chi connectivity index (χ2n) is 9.69. The van der Waals surface area contributed by atoms with Crippen LogP contribution in [0.2, 0.25) is 0 Å². The van der Waals surface area contributed by atoms with Gasteiger partial charge in [-0.2, -0.15) is 13.2 Å². The maximum Gasteiger partial charge on any atom is 0.423 e. The molecule has 1 aromatic rings. The number of urea groups is 1. The van der Waals surface area contributed by atoms with Crippen LogP contribution in [0.5, 0.6) is 0 Å². The van der Waals surface area contributed by atoms with Crippen LogP contribution >= 0.6 is 0 Å². The van der Waals surface area contributed by atoms with E-state index in [1.165, 1.54) is 18.9 Å². The molecule has 2 aliphatic heterocycles. The molecule has 3 rings (SSSR count). The smallest absolute Gasteiger partial charge is 0.382 e. The highest BCUT2D eigenvalue weighted by Crippen LogP contribution is 2.38. The molecule has 11 heteroatoms. The number of benzene rings is 1. The number of carbonyl (C=O) groups excluding carboxylic acids is 1. The van der Waals surface area contributed by atoms with E-state index >= 15 is 0 Å². The van der Waals surface area contributed by atoms with E-state index in [1.807, 2.05) is 7.05 Å². The molecule has 0 aliphatic carbocycles. The number of nitrogens with zero attached hydrogens (tertiary/aromatic N) is 4. The Morgan fingerprint density at radius 3 is 2.36 bits per heavy atom. The molecule has 0 atom stereocenters. The summed E-state index contributed by atoms with van der Waals surface area (Å²) in [5, 5.41) is 14.0. The summed E-state index contributed by atoms with van der Waals surface area (Å²) in [6.45, 7) is 7.28. The van der Waals surface area contributed by atoms with Crippen molar-refractivity contribution in [3.05, 3.63) is 33.9 Å². The van der Waals surface area contributed by atoms with Gasteiger partial charge in [0.2, 0.25) is 0 Å². The Morgan fingerprint density at radius 1 is 1.17 bits per heavy atom. The zero-order valence-corrected chi connectivity index (χ0v) is 20.5. The highest BCUT2D eigenvalue weighted by atomic mass is 19.4. The van der Waals surface area contributed by atoms with E-state index < -0.39 is 22.4 Å². The molecule has 36 heavy (non-hydrogen) atoms. The zero-order valence-electron chi connectivity index (χ0n) is 20.5. The molecular weight excluding hydrogens is 475 g/mol. The SMILES string of the molecule is C.CCCCN1CCC(CN(C)C(=O)N2CCC(Nc3ccc([N+](=O)[O-])c(C(F)(F)F)c3)CC2)CC1. The minimum Gasteiger partial charge on any atom is -0.382 e. The van der Waals surface area contributed by atoms with Crippen molar-refractivity contribution in [2.75, 3.05) is 51.6 Å². The molecule has 0 bridgehead atoms. The third-order valence-electron chi connectivity index (χ3n) is 7.03. The van der Waals surface area contributed by atoms with Crippen LogP contribution in [-0.2, 0) is 6.18 Å². The molecule has 0 unspecified atom stereocenters. The first-order chi connectivity index (χ1) is 16.6. The molecule has 2 fully saturated rings. The van der Waals surface area contributed by atoms with Crippen molar-refractivity contribution in [3.8, 4) is 0 Å². The number of amides is 2. The van der Waals surface area contributed by atoms with E-state index in [0.717, 1.165) is 51.2 Å². The molecule has 1 N–H and O–H groups in total. The normalized spacial score (nSPS) is 18.0. The largest absolute Gasteiger partial charge is 0.423 e. The summed E-state index contributed by atoms with van der Waals surface area (Å²) < 4.78 is 39.7. The lowest BCUT2D eigenvalue weighted by molar-refractivity contribution is -0.388. The first kappa shape index (κ1) is 29.7. The van der Waals surface area contributed by atoms with Crippen molar-refractivity contribution in [2.45, 2.75) is 65.1 Å². The highest BCUT2D eigenvalue weighted by molar-refractivity contribution is 5.74. The molecule has 2 saturated heterocycles. The lowest BCUT2D eigenvalue weighted by Crippen LogP contribution is -2.49. The Hall–Kier alpha value is -2.56. The van der Waals surface area contributed by atoms with E-state index in [9.17, 15) is 28.1 Å². The first-order valence-electron chi connectivity index (χ1n) is 12.4. The lowest BCUT2D eigenvalue weighted by atomic mass is 9.96. The Kier molecular flexibility index (Phi) is 10.8. The van der Waals surface area contributed by atoms with Crippen LogP contribution in [0.15, 0.2) is 18.2 Å². The van der Waals surface area contributed by atoms with Gasteiger partial charge in [-0.1, -0.05) is 20.8 Å². The number of rotatable bonds is 8. The predicted octanol–water partition coefficient (Wildman–Crippen LogP) is 5.69. The average molecular weight is 516 g/mol. The van der Waals surface area contributed by atoms with Crippen LogP contribution in [0.1, 0.15) is 58.4 Å². The maximum absolute atomic E-state index is 13.2. The van der Waals surface area contributed by atoms with Gasteiger partial charge < -0.3 is 20.0 Å². The van der Waals surface area contributed by atoms with E-state index in [4.69, 9.17) is 0 Å².